The molecule has 22 heavy (non-hydrogen) atoms. The van der Waals surface area contributed by atoms with Crippen molar-refractivity contribution >= 4 is 17.6 Å². The number of guanidine groups is 1. The second kappa shape index (κ2) is 12.3. The third-order valence-electron chi connectivity index (χ3n) is 2.84. The Morgan fingerprint density at radius 3 is 2.82 bits per heavy atom. The summed E-state index contributed by atoms with van der Waals surface area (Å²) in [5.41, 5.74) is 1.09. The van der Waals surface area contributed by atoms with Crippen LogP contribution in [0.25, 0.3) is 0 Å². The minimum Gasteiger partial charge on any atom is -0.382 e. The second-order valence-electron chi connectivity index (χ2n) is 4.71. The summed E-state index contributed by atoms with van der Waals surface area (Å²) in [5, 5.41) is 7.25. The fourth-order valence-corrected chi connectivity index (χ4v) is 1.99. The molecule has 0 unspecified atom stereocenters. The first-order valence-electron chi connectivity index (χ1n) is 7.59. The number of ether oxygens (including phenoxy) is 2. The smallest absolute Gasteiger partial charge is 0.191 e. The number of halogens is 1. The normalized spacial score (nSPS) is 11.5. The number of nitrogens with zero attached hydrogens (tertiary/aromatic N) is 1. The van der Waals surface area contributed by atoms with Gasteiger partial charge >= 0.3 is 0 Å². The number of rotatable bonds is 10. The Morgan fingerprint density at radius 1 is 1.23 bits per heavy atom. The molecule has 124 valence electrons. The predicted molar refractivity (Wildman–Crippen MR) is 91.6 cm³/mol. The molecule has 0 amide bonds. The van der Waals surface area contributed by atoms with Gasteiger partial charge in [0.1, 0.15) is 0 Å². The van der Waals surface area contributed by atoms with E-state index in [9.17, 15) is 0 Å². The minimum absolute atomic E-state index is 0.597. The van der Waals surface area contributed by atoms with Gasteiger partial charge in [-0.2, -0.15) is 0 Å². The monoisotopic (exact) mass is 327 g/mol. The van der Waals surface area contributed by atoms with Crippen molar-refractivity contribution in [2.45, 2.75) is 19.9 Å². The molecule has 0 heterocycles. The Kier molecular flexibility index (Phi) is 10.5. The first-order chi connectivity index (χ1) is 10.8. The van der Waals surface area contributed by atoms with E-state index in [2.05, 4.69) is 15.6 Å². The molecule has 0 bridgehead atoms. The topological polar surface area (TPSA) is 54.9 Å². The van der Waals surface area contributed by atoms with Gasteiger partial charge in [-0.3, -0.25) is 0 Å². The van der Waals surface area contributed by atoms with Crippen LogP contribution in [-0.2, 0) is 16.0 Å². The predicted octanol–water partition coefficient (Wildman–Crippen LogP) is 2.45. The van der Waals surface area contributed by atoms with Gasteiger partial charge in [-0.15, -0.1) is 0 Å². The number of benzene rings is 1. The molecule has 5 nitrogen and oxygen atoms in total. The van der Waals surface area contributed by atoms with Crippen molar-refractivity contribution in [3.63, 3.8) is 0 Å². The number of methoxy groups -OCH3 is 1. The Bertz CT molecular complexity index is 441. The Hall–Kier alpha value is -1.30. The molecule has 0 fully saturated rings. The number of nitrogens with one attached hydrogen (secondary N) is 2. The highest BCUT2D eigenvalue weighted by molar-refractivity contribution is 6.30. The average Bonchev–Trinajstić information content (AvgIpc) is 2.51. The van der Waals surface area contributed by atoms with Gasteiger partial charge in [-0.1, -0.05) is 23.7 Å². The van der Waals surface area contributed by atoms with Crippen LogP contribution in [-0.4, -0.2) is 46.0 Å². The maximum Gasteiger partial charge on any atom is 0.191 e. The van der Waals surface area contributed by atoms with Crippen LogP contribution >= 0.6 is 11.6 Å². The van der Waals surface area contributed by atoms with Crippen LogP contribution in [0.4, 0.5) is 0 Å². The molecule has 0 saturated carbocycles. The van der Waals surface area contributed by atoms with E-state index in [1.807, 2.05) is 31.2 Å². The fourth-order valence-electron chi connectivity index (χ4n) is 1.77. The largest absolute Gasteiger partial charge is 0.382 e. The quantitative estimate of drug-likeness (QED) is 0.394. The van der Waals surface area contributed by atoms with Crippen LogP contribution in [0.5, 0.6) is 0 Å². The standard InChI is InChI=1S/C16H26ClN3O2/c1-3-18-16(19-8-5-9-22-11-10-21-2)20-13-14-6-4-7-15(17)12-14/h4,6-7,12H,3,5,8-11,13H2,1-2H3,(H2,18,19,20). The van der Waals surface area contributed by atoms with E-state index in [1.165, 1.54) is 0 Å². The van der Waals surface area contributed by atoms with Crippen LogP contribution in [0.3, 0.4) is 0 Å². The number of hydrogen-bond acceptors (Lipinski definition) is 3. The van der Waals surface area contributed by atoms with Gasteiger partial charge in [0, 0.05) is 31.8 Å². The van der Waals surface area contributed by atoms with E-state index >= 15 is 0 Å². The van der Waals surface area contributed by atoms with Gasteiger partial charge in [0.15, 0.2) is 5.96 Å². The molecule has 2 N–H and O–H groups in total. The lowest BCUT2D eigenvalue weighted by atomic mass is 10.2. The maximum absolute atomic E-state index is 5.97. The molecule has 0 aromatic heterocycles. The third-order valence-corrected chi connectivity index (χ3v) is 3.08. The highest BCUT2D eigenvalue weighted by atomic mass is 35.5. The van der Waals surface area contributed by atoms with Crippen LogP contribution in [0.1, 0.15) is 18.9 Å². The fraction of sp³-hybridized carbons (Fsp3) is 0.562. The van der Waals surface area contributed by atoms with Gasteiger partial charge in [0.2, 0.25) is 0 Å². The summed E-state index contributed by atoms with van der Waals surface area (Å²) in [7, 11) is 1.67. The molecule has 0 radical (unpaired) electrons. The number of hydrogen-bond donors (Lipinski definition) is 2. The summed E-state index contributed by atoms with van der Waals surface area (Å²) < 4.78 is 10.3. The zero-order chi connectivity index (χ0) is 16.0. The van der Waals surface area contributed by atoms with Crippen LogP contribution in [0.15, 0.2) is 29.3 Å². The maximum atomic E-state index is 5.97. The van der Waals surface area contributed by atoms with E-state index in [-0.39, 0.29) is 0 Å². The van der Waals surface area contributed by atoms with Crippen LogP contribution in [0.2, 0.25) is 5.02 Å². The SMILES string of the molecule is CCNC(=NCc1cccc(Cl)c1)NCCCOCCOC. The molecular formula is C16H26ClN3O2. The Balaban J connectivity index is 2.30. The molecule has 0 saturated heterocycles. The van der Waals surface area contributed by atoms with Crippen molar-refractivity contribution in [1.29, 1.82) is 0 Å². The minimum atomic E-state index is 0.597. The van der Waals surface area contributed by atoms with Gasteiger partial charge < -0.3 is 20.1 Å². The van der Waals surface area contributed by atoms with Gasteiger partial charge in [-0.05, 0) is 31.0 Å². The number of aliphatic imine (C=N–C) groups is 1. The molecule has 1 aromatic carbocycles. The summed E-state index contributed by atoms with van der Waals surface area (Å²) in [6, 6.07) is 7.74. The molecule has 0 aliphatic carbocycles. The Morgan fingerprint density at radius 2 is 2.09 bits per heavy atom. The van der Waals surface area contributed by atoms with Crippen LogP contribution < -0.4 is 10.6 Å². The summed E-state index contributed by atoms with van der Waals surface area (Å²) in [4.78, 5) is 4.55. The summed E-state index contributed by atoms with van der Waals surface area (Å²) in [6.07, 6.45) is 0.922. The van der Waals surface area contributed by atoms with E-state index in [1.54, 1.807) is 7.11 Å². The van der Waals surface area contributed by atoms with Crippen molar-refractivity contribution in [3.05, 3.63) is 34.9 Å². The summed E-state index contributed by atoms with van der Waals surface area (Å²) in [5.74, 6) is 0.805. The van der Waals surface area contributed by atoms with Gasteiger partial charge in [0.05, 0.1) is 19.8 Å². The lowest BCUT2D eigenvalue weighted by Gasteiger charge is -2.11. The van der Waals surface area contributed by atoms with E-state index < -0.39 is 0 Å². The summed E-state index contributed by atoms with van der Waals surface area (Å²) in [6.45, 7) is 6.27. The zero-order valence-corrected chi connectivity index (χ0v) is 14.2. The van der Waals surface area contributed by atoms with Crippen LogP contribution in [0, 0.1) is 0 Å². The van der Waals surface area contributed by atoms with Crippen molar-refractivity contribution in [1.82, 2.24) is 10.6 Å². The molecule has 0 aliphatic heterocycles. The first kappa shape index (κ1) is 18.7. The highest BCUT2D eigenvalue weighted by Gasteiger charge is 1.98. The van der Waals surface area contributed by atoms with Gasteiger partial charge in [0.25, 0.3) is 0 Å². The van der Waals surface area contributed by atoms with Crippen molar-refractivity contribution < 1.29 is 9.47 Å². The highest BCUT2D eigenvalue weighted by Crippen LogP contribution is 2.11. The molecule has 1 rings (SSSR count). The molecule has 0 spiro atoms. The molecule has 0 atom stereocenters. The first-order valence-corrected chi connectivity index (χ1v) is 7.97. The lowest BCUT2D eigenvalue weighted by Crippen LogP contribution is -2.38. The molecule has 6 heteroatoms. The average molecular weight is 328 g/mol. The van der Waals surface area contributed by atoms with E-state index in [0.29, 0.717) is 26.4 Å². The molecule has 0 aliphatic rings. The molecular weight excluding hydrogens is 302 g/mol. The van der Waals surface area contributed by atoms with Crippen molar-refractivity contribution in [2.75, 3.05) is 40.0 Å². The van der Waals surface area contributed by atoms with E-state index in [4.69, 9.17) is 21.1 Å². The molecule has 1 aromatic rings. The second-order valence-corrected chi connectivity index (χ2v) is 5.15. The lowest BCUT2D eigenvalue weighted by molar-refractivity contribution is 0.0698. The van der Waals surface area contributed by atoms with Crippen molar-refractivity contribution in [2.24, 2.45) is 4.99 Å². The third kappa shape index (κ3) is 8.87. The Labute approximate surface area is 138 Å². The van der Waals surface area contributed by atoms with Gasteiger partial charge in [-0.25, -0.2) is 4.99 Å². The van der Waals surface area contributed by atoms with E-state index in [0.717, 1.165) is 36.1 Å². The summed E-state index contributed by atoms with van der Waals surface area (Å²) >= 11 is 5.97. The zero-order valence-electron chi connectivity index (χ0n) is 13.4. The van der Waals surface area contributed by atoms with Crippen molar-refractivity contribution in [3.8, 4) is 0 Å².